The molecule has 1 aromatic carbocycles. The van der Waals surface area contributed by atoms with E-state index in [4.69, 9.17) is 11.6 Å². The average Bonchev–Trinajstić information content (AvgIpc) is 3.18. The van der Waals surface area contributed by atoms with Crippen molar-refractivity contribution in [3.63, 3.8) is 0 Å². The zero-order valence-electron chi connectivity index (χ0n) is 16.3. The number of amides is 2. The minimum absolute atomic E-state index is 0.102. The maximum Gasteiger partial charge on any atom is 0.267 e. The Morgan fingerprint density at radius 2 is 1.87 bits per heavy atom. The predicted octanol–water partition coefficient (Wildman–Crippen LogP) is 3.44. The van der Waals surface area contributed by atoms with Crippen molar-refractivity contribution in [2.24, 2.45) is 0 Å². The predicted molar refractivity (Wildman–Crippen MR) is 119 cm³/mol. The molecule has 0 aliphatic heterocycles. The Morgan fingerprint density at radius 3 is 2.60 bits per heavy atom. The molecule has 2 aromatic heterocycles. The van der Waals surface area contributed by atoms with Gasteiger partial charge in [-0.2, -0.15) is 0 Å². The number of hydrogen-bond acceptors (Lipinski definition) is 8. The van der Waals surface area contributed by atoms with Crippen molar-refractivity contribution in [1.29, 1.82) is 0 Å². The average molecular weight is 446 g/mol. The Labute approximate surface area is 182 Å². The third-order valence-corrected chi connectivity index (χ3v) is 5.13. The number of nitrogens with zero attached hydrogens (tertiary/aromatic N) is 3. The summed E-state index contributed by atoms with van der Waals surface area (Å²) in [6.45, 7) is 4.26. The molecular formula is C19H20ClN7O2S. The number of nitrogens with one attached hydrogen (secondary N) is 4. The standard InChI is InChI=1S/C19H20ClN7O2S/c1-11-4-3-5-13(20)15(11)26-18(29)14-10-25-19(30-14)27-17-16(23-8-9-24-17)22-7-6-21-12(2)28/h3-5,8-10H,6-7H2,1-2H3,(H,21,28)(H,22,23)(H,26,29)(H,24,25,27). The lowest BCUT2D eigenvalue weighted by Crippen LogP contribution is -2.26. The number of rotatable bonds is 8. The Hall–Kier alpha value is -3.24. The van der Waals surface area contributed by atoms with Crippen LogP contribution in [0.5, 0.6) is 0 Å². The van der Waals surface area contributed by atoms with E-state index in [0.717, 1.165) is 5.56 Å². The first-order chi connectivity index (χ1) is 14.4. The van der Waals surface area contributed by atoms with Crippen LogP contribution in [0.1, 0.15) is 22.2 Å². The summed E-state index contributed by atoms with van der Waals surface area (Å²) in [6, 6.07) is 5.42. The number of carbonyl (C=O) groups excluding carboxylic acids is 2. The largest absolute Gasteiger partial charge is 0.365 e. The number of hydrogen-bond donors (Lipinski definition) is 4. The number of aryl methyl sites for hydroxylation is 1. The van der Waals surface area contributed by atoms with Crippen molar-refractivity contribution >= 4 is 57.2 Å². The smallest absolute Gasteiger partial charge is 0.267 e. The zero-order chi connectivity index (χ0) is 21.5. The van der Waals surface area contributed by atoms with Crippen LogP contribution in [0.15, 0.2) is 36.8 Å². The highest BCUT2D eigenvalue weighted by molar-refractivity contribution is 7.17. The van der Waals surface area contributed by atoms with Gasteiger partial charge in [-0.05, 0) is 18.6 Å². The summed E-state index contributed by atoms with van der Waals surface area (Å²) in [5, 5.41) is 12.6. The van der Waals surface area contributed by atoms with Crippen LogP contribution in [-0.4, -0.2) is 39.9 Å². The van der Waals surface area contributed by atoms with Crippen LogP contribution < -0.4 is 21.3 Å². The van der Waals surface area contributed by atoms with Crippen LogP contribution in [0.25, 0.3) is 0 Å². The minimum atomic E-state index is -0.301. The molecule has 0 bridgehead atoms. The summed E-state index contributed by atoms with van der Waals surface area (Å²) in [7, 11) is 0. The van der Waals surface area contributed by atoms with Crippen LogP contribution in [0.2, 0.25) is 5.02 Å². The molecular weight excluding hydrogens is 426 g/mol. The highest BCUT2D eigenvalue weighted by atomic mass is 35.5. The van der Waals surface area contributed by atoms with E-state index in [-0.39, 0.29) is 11.8 Å². The van der Waals surface area contributed by atoms with Gasteiger partial charge in [0.15, 0.2) is 16.8 Å². The van der Waals surface area contributed by atoms with Gasteiger partial charge < -0.3 is 21.3 Å². The van der Waals surface area contributed by atoms with Gasteiger partial charge in [0, 0.05) is 32.4 Å². The summed E-state index contributed by atoms with van der Waals surface area (Å²) < 4.78 is 0. The Bertz CT molecular complexity index is 1040. The van der Waals surface area contributed by atoms with Gasteiger partial charge >= 0.3 is 0 Å². The van der Waals surface area contributed by atoms with Gasteiger partial charge in [-0.15, -0.1) is 0 Å². The molecule has 0 aliphatic carbocycles. The van der Waals surface area contributed by atoms with Crippen LogP contribution >= 0.6 is 22.9 Å². The van der Waals surface area contributed by atoms with Crippen molar-refractivity contribution in [1.82, 2.24) is 20.3 Å². The molecule has 4 N–H and O–H groups in total. The molecule has 0 unspecified atom stereocenters. The van der Waals surface area contributed by atoms with Crippen LogP contribution in [-0.2, 0) is 4.79 Å². The van der Waals surface area contributed by atoms with E-state index in [1.165, 1.54) is 24.5 Å². The van der Waals surface area contributed by atoms with Gasteiger partial charge in [0.25, 0.3) is 5.91 Å². The van der Waals surface area contributed by atoms with Crippen molar-refractivity contribution in [3.8, 4) is 0 Å². The van der Waals surface area contributed by atoms with E-state index in [2.05, 4.69) is 36.2 Å². The van der Waals surface area contributed by atoms with Crippen molar-refractivity contribution < 1.29 is 9.59 Å². The molecule has 2 amide bonds. The second kappa shape index (κ2) is 9.99. The normalized spacial score (nSPS) is 10.4. The van der Waals surface area contributed by atoms with E-state index in [9.17, 15) is 9.59 Å². The molecule has 2 heterocycles. The molecule has 30 heavy (non-hydrogen) atoms. The SMILES string of the molecule is CC(=O)NCCNc1nccnc1Nc1ncc(C(=O)Nc2c(C)cccc2Cl)s1. The summed E-state index contributed by atoms with van der Waals surface area (Å²) in [5.74, 6) is 0.568. The van der Waals surface area contributed by atoms with Gasteiger partial charge in [0.1, 0.15) is 4.88 Å². The van der Waals surface area contributed by atoms with Gasteiger partial charge in [0.2, 0.25) is 5.91 Å². The summed E-state index contributed by atoms with van der Waals surface area (Å²) in [5.41, 5.74) is 1.44. The highest BCUT2D eigenvalue weighted by Gasteiger charge is 2.15. The summed E-state index contributed by atoms with van der Waals surface area (Å²) in [4.78, 5) is 36.7. The molecule has 3 rings (SSSR count). The maximum atomic E-state index is 12.6. The number of benzene rings is 1. The summed E-state index contributed by atoms with van der Waals surface area (Å²) in [6.07, 6.45) is 4.58. The first-order valence-electron chi connectivity index (χ1n) is 9.02. The van der Waals surface area contributed by atoms with E-state index in [1.807, 2.05) is 19.1 Å². The fraction of sp³-hybridized carbons (Fsp3) is 0.211. The second-order valence-electron chi connectivity index (χ2n) is 6.20. The van der Waals surface area contributed by atoms with Gasteiger partial charge in [-0.1, -0.05) is 35.1 Å². The quantitative estimate of drug-likeness (QED) is 0.392. The van der Waals surface area contributed by atoms with Gasteiger partial charge in [0.05, 0.1) is 16.9 Å². The lowest BCUT2D eigenvalue weighted by Gasteiger charge is -2.10. The maximum absolute atomic E-state index is 12.6. The molecule has 3 aromatic rings. The van der Waals surface area contributed by atoms with Crippen LogP contribution in [0.3, 0.4) is 0 Å². The number of para-hydroxylation sites is 1. The Balaban J connectivity index is 1.66. The Kier molecular flexibility index (Phi) is 7.15. The van der Waals surface area contributed by atoms with E-state index in [1.54, 1.807) is 18.5 Å². The first kappa shape index (κ1) is 21.5. The molecule has 156 valence electrons. The fourth-order valence-corrected chi connectivity index (χ4v) is 3.46. The summed E-state index contributed by atoms with van der Waals surface area (Å²) >= 11 is 7.35. The number of carbonyl (C=O) groups is 2. The van der Waals surface area contributed by atoms with Crippen molar-refractivity contribution in [2.75, 3.05) is 29.0 Å². The van der Waals surface area contributed by atoms with Gasteiger partial charge in [-0.25, -0.2) is 15.0 Å². The minimum Gasteiger partial charge on any atom is -0.365 e. The van der Waals surface area contributed by atoms with E-state index < -0.39 is 0 Å². The van der Waals surface area contributed by atoms with Crippen LogP contribution in [0.4, 0.5) is 22.5 Å². The van der Waals surface area contributed by atoms with Crippen molar-refractivity contribution in [3.05, 3.63) is 52.3 Å². The van der Waals surface area contributed by atoms with Gasteiger partial charge in [-0.3, -0.25) is 9.59 Å². The molecule has 9 nitrogen and oxygen atoms in total. The molecule has 0 atom stereocenters. The van der Waals surface area contributed by atoms with Crippen LogP contribution in [0, 0.1) is 6.92 Å². The third-order valence-electron chi connectivity index (χ3n) is 3.90. The molecule has 0 aliphatic rings. The zero-order valence-corrected chi connectivity index (χ0v) is 17.9. The second-order valence-corrected chi connectivity index (χ2v) is 7.64. The molecule has 0 fully saturated rings. The van der Waals surface area contributed by atoms with E-state index >= 15 is 0 Å². The first-order valence-corrected chi connectivity index (χ1v) is 10.2. The number of halogens is 1. The monoisotopic (exact) mass is 445 g/mol. The number of anilines is 4. The molecule has 11 heteroatoms. The molecule has 0 saturated carbocycles. The topological polar surface area (TPSA) is 121 Å². The molecule has 0 spiro atoms. The third kappa shape index (κ3) is 5.65. The highest BCUT2D eigenvalue weighted by Crippen LogP contribution is 2.28. The molecule has 0 saturated heterocycles. The number of thiazole rings is 1. The molecule has 0 radical (unpaired) electrons. The Morgan fingerprint density at radius 1 is 1.10 bits per heavy atom. The lowest BCUT2D eigenvalue weighted by molar-refractivity contribution is -0.118. The van der Waals surface area contributed by atoms with Crippen molar-refractivity contribution in [2.45, 2.75) is 13.8 Å². The number of aromatic nitrogens is 3. The van der Waals surface area contributed by atoms with E-state index in [0.29, 0.717) is 45.4 Å². The fourth-order valence-electron chi connectivity index (χ4n) is 2.48. The lowest BCUT2D eigenvalue weighted by atomic mass is 10.2.